The van der Waals surface area contributed by atoms with Crippen molar-refractivity contribution in [1.29, 1.82) is 0 Å². The molecule has 2 aliphatic rings. The van der Waals surface area contributed by atoms with Gasteiger partial charge in [-0.05, 0) is 35.9 Å². The number of aromatic hydroxyl groups is 3. The zero-order valence-corrected chi connectivity index (χ0v) is 21.9. The first-order valence-electron chi connectivity index (χ1n) is 12.2. The van der Waals surface area contributed by atoms with E-state index >= 15 is 0 Å². The quantitative estimate of drug-likeness (QED) is 0.159. The number of aliphatic hydroxyl groups is 1. The summed E-state index contributed by atoms with van der Waals surface area (Å²) in [5, 5.41) is 41.0. The van der Waals surface area contributed by atoms with Gasteiger partial charge in [0.2, 0.25) is 17.8 Å². The number of phenols is 3. The van der Waals surface area contributed by atoms with E-state index in [1.807, 2.05) is 0 Å². The van der Waals surface area contributed by atoms with Gasteiger partial charge >= 0.3 is 17.9 Å². The summed E-state index contributed by atoms with van der Waals surface area (Å²) in [5.74, 6) is -5.07. The molecule has 14 nitrogen and oxygen atoms in total. The third kappa shape index (κ3) is 6.34. The van der Waals surface area contributed by atoms with E-state index in [-0.39, 0.29) is 28.6 Å². The molecule has 0 radical (unpaired) electrons. The van der Waals surface area contributed by atoms with E-state index in [4.69, 9.17) is 28.4 Å². The Labute approximate surface area is 232 Å². The molecule has 0 saturated carbocycles. The average molecular weight is 574 g/mol. The summed E-state index contributed by atoms with van der Waals surface area (Å²) in [6, 6.07) is 6.34. The van der Waals surface area contributed by atoms with Gasteiger partial charge in [-0.3, -0.25) is 19.2 Å². The zero-order chi connectivity index (χ0) is 30.0. The van der Waals surface area contributed by atoms with Gasteiger partial charge in [0.15, 0.2) is 47.1 Å². The Hall–Kier alpha value is -4.82. The third-order valence-electron chi connectivity index (χ3n) is 5.98. The lowest BCUT2D eigenvalue weighted by Crippen LogP contribution is -2.62. The number of aliphatic hydroxyl groups excluding tert-OH is 1. The lowest BCUT2D eigenvalue weighted by atomic mass is 9.98. The maximum atomic E-state index is 12.8. The number of hydrogen-bond acceptors (Lipinski definition) is 14. The maximum Gasteiger partial charge on any atom is 0.303 e. The molecular weight excluding hydrogens is 548 g/mol. The molecule has 0 spiro atoms. The monoisotopic (exact) mass is 574 g/mol. The Morgan fingerprint density at radius 1 is 0.927 bits per heavy atom. The molecule has 0 amide bonds. The van der Waals surface area contributed by atoms with Crippen LogP contribution in [-0.2, 0) is 33.3 Å². The molecule has 5 atom stereocenters. The minimum atomic E-state index is -1.76. The van der Waals surface area contributed by atoms with Crippen molar-refractivity contribution in [2.75, 3.05) is 6.61 Å². The number of allylic oxidation sites excluding steroid dienone is 1. The highest BCUT2D eigenvalue weighted by Crippen LogP contribution is 2.46. The van der Waals surface area contributed by atoms with Crippen molar-refractivity contribution in [2.45, 2.75) is 51.5 Å². The fourth-order valence-corrected chi connectivity index (χ4v) is 4.21. The van der Waals surface area contributed by atoms with E-state index in [1.54, 1.807) is 0 Å². The second kappa shape index (κ2) is 11.7. The maximum absolute atomic E-state index is 12.8. The predicted octanol–water partition coefficient (Wildman–Crippen LogP) is 1.31. The van der Waals surface area contributed by atoms with Crippen LogP contribution in [0.25, 0.3) is 6.08 Å². The van der Waals surface area contributed by atoms with Gasteiger partial charge in [0.1, 0.15) is 12.7 Å². The molecule has 2 heterocycles. The number of rotatable bonds is 7. The van der Waals surface area contributed by atoms with Crippen molar-refractivity contribution in [2.24, 2.45) is 0 Å². The first kappa shape index (κ1) is 29.2. The number of carbonyl (C=O) groups excluding carboxylic acids is 4. The van der Waals surface area contributed by atoms with Crippen LogP contribution in [0.15, 0.2) is 36.1 Å². The molecule has 0 bridgehead atoms. The van der Waals surface area contributed by atoms with Crippen molar-refractivity contribution < 1.29 is 68.0 Å². The van der Waals surface area contributed by atoms with Crippen LogP contribution in [0.2, 0.25) is 0 Å². The van der Waals surface area contributed by atoms with Crippen molar-refractivity contribution in [1.82, 2.24) is 0 Å². The fourth-order valence-electron chi connectivity index (χ4n) is 4.21. The number of phenolic OH excluding ortho intramolecular Hbond substituents is 3. The number of benzene rings is 2. The topological polar surface area (TPSA) is 205 Å². The van der Waals surface area contributed by atoms with E-state index in [2.05, 4.69) is 0 Å². The number of hydrogen-bond donors (Lipinski definition) is 4. The molecule has 4 N–H and O–H groups in total. The number of esters is 3. The third-order valence-corrected chi connectivity index (χ3v) is 5.98. The minimum Gasteiger partial charge on any atom is -0.504 e. The van der Waals surface area contributed by atoms with Crippen molar-refractivity contribution in [3.05, 3.63) is 47.2 Å². The normalized spacial score (nSPS) is 24.2. The van der Waals surface area contributed by atoms with Crippen LogP contribution in [0.4, 0.5) is 0 Å². The van der Waals surface area contributed by atoms with Crippen molar-refractivity contribution >= 4 is 29.8 Å². The van der Waals surface area contributed by atoms with E-state index in [9.17, 15) is 39.6 Å². The summed E-state index contributed by atoms with van der Waals surface area (Å²) < 4.78 is 32.3. The highest BCUT2D eigenvalue weighted by molar-refractivity contribution is 6.15. The predicted molar refractivity (Wildman–Crippen MR) is 134 cm³/mol. The smallest absolute Gasteiger partial charge is 0.303 e. The molecule has 0 aliphatic carbocycles. The van der Waals surface area contributed by atoms with Gasteiger partial charge < -0.3 is 48.8 Å². The SMILES string of the molecule is CC(=O)OC[C@H]1O[C@@H](Oc2ccc3c(c2O)OC(=Cc2ccc(O)c(O)c2)C3=O)[C@H](O)[C@@H](OC(C)=O)[C@@H]1OC(C)=O. The fraction of sp³-hybridized carbons (Fsp3) is 0.333. The molecule has 4 rings (SSSR count). The molecule has 2 aromatic carbocycles. The first-order chi connectivity index (χ1) is 19.3. The molecule has 41 heavy (non-hydrogen) atoms. The standard InChI is InChI=1S/C27H26O14/c1-11(28)36-10-20-25(37-12(2)29)26(38-13(3)30)23(35)27(41-20)40-18-7-5-15-21(33)19(39-24(15)22(18)34)9-14-4-6-16(31)17(32)8-14/h4-9,20,23,25-27,31-32,34-35H,10H2,1-3H3/t20-,23-,25-,26-,27-/m1/s1. The first-order valence-corrected chi connectivity index (χ1v) is 12.2. The Morgan fingerprint density at radius 2 is 1.61 bits per heavy atom. The summed E-state index contributed by atoms with van der Waals surface area (Å²) in [4.78, 5) is 47.7. The summed E-state index contributed by atoms with van der Waals surface area (Å²) in [6.45, 7) is 2.81. The van der Waals surface area contributed by atoms with E-state index in [0.717, 1.165) is 20.8 Å². The molecule has 1 fully saturated rings. The molecule has 2 aromatic rings. The molecule has 1 saturated heterocycles. The summed E-state index contributed by atoms with van der Waals surface area (Å²) in [7, 11) is 0. The lowest BCUT2D eigenvalue weighted by Gasteiger charge is -2.42. The van der Waals surface area contributed by atoms with Crippen LogP contribution in [0, 0.1) is 0 Å². The second-order valence-corrected chi connectivity index (χ2v) is 9.08. The van der Waals surface area contributed by atoms with E-state index in [0.29, 0.717) is 5.56 Å². The van der Waals surface area contributed by atoms with Crippen molar-refractivity contribution in [3.8, 4) is 28.7 Å². The largest absolute Gasteiger partial charge is 0.504 e. The van der Waals surface area contributed by atoms with Crippen LogP contribution < -0.4 is 9.47 Å². The molecule has 0 aromatic heterocycles. The van der Waals surface area contributed by atoms with Crippen LogP contribution in [0.5, 0.6) is 28.7 Å². The highest BCUT2D eigenvalue weighted by Gasteiger charge is 2.51. The van der Waals surface area contributed by atoms with Gasteiger partial charge in [-0.25, -0.2) is 0 Å². The average Bonchev–Trinajstić information content (AvgIpc) is 3.21. The van der Waals surface area contributed by atoms with Gasteiger partial charge in [0.25, 0.3) is 0 Å². The molecule has 218 valence electrons. The van der Waals surface area contributed by atoms with Crippen LogP contribution in [-0.4, -0.2) is 81.4 Å². The van der Waals surface area contributed by atoms with E-state index < -0.39 is 72.5 Å². The Balaban J connectivity index is 1.61. The lowest BCUT2D eigenvalue weighted by molar-refractivity contribution is -0.285. The number of carbonyl (C=O) groups is 4. The van der Waals surface area contributed by atoms with Gasteiger partial charge in [-0.15, -0.1) is 0 Å². The zero-order valence-electron chi connectivity index (χ0n) is 21.9. The molecule has 14 heteroatoms. The van der Waals surface area contributed by atoms with Gasteiger partial charge in [0.05, 0.1) is 5.56 Å². The number of ketones is 1. The summed E-state index contributed by atoms with van der Waals surface area (Å²) in [5.41, 5.74) is 0.304. The van der Waals surface area contributed by atoms with Crippen molar-refractivity contribution in [3.63, 3.8) is 0 Å². The molecule has 0 unspecified atom stereocenters. The molecular formula is C27H26O14. The van der Waals surface area contributed by atoms with Crippen LogP contribution >= 0.6 is 0 Å². The summed E-state index contributed by atoms with van der Waals surface area (Å²) >= 11 is 0. The van der Waals surface area contributed by atoms with E-state index in [1.165, 1.54) is 36.4 Å². The molecule has 2 aliphatic heterocycles. The number of ether oxygens (including phenoxy) is 6. The van der Waals surface area contributed by atoms with Gasteiger partial charge in [0, 0.05) is 20.8 Å². The highest BCUT2D eigenvalue weighted by atomic mass is 16.7. The van der Waals surface area contributed by atoms with Crippen LogP contribution in [0.1, 0.15) is 36.7 Å². The minimum absolute atomic E-state index is 0.0188. The van der Waals surface area contributed by atoms with Gasteiger partial charge in [-0.1, -0.05) is 6.07 Å². The number of Topliss-reactive ketones (excluding diaryl/α,β-unsaturated/α-hetero) is 1. The second-order valence-electron chi connectivity index (χ2n) is 9.08. The Bertz CT molecular complexity index is 1410. The number of fused-ring (bicyclic) bond motifs is 1. The van der Waals surface area contributed by atoms with Gasteiger partial charge in [-0.2, -0.15) is 0 Å². The van der Waals surface area contributed by atoms with Crippen LogP contribution in [0.3, 0.4) is 0 Å². The Kier molecular flexibility index (Phi) is 8.35. The summed E-state index contributed by atoms with van der Waals surface area (Å²) in [6.07, 6.45) is -6.28. The Morgan fingerprint density at radius 3 is 2.24 bits per heavy atom.